The Bertz CT molecular complexity index is 418. The summed E-state index contributed by atoms with van der Waals surface area (Å²) in [4.78, 5) is 21.8. The predicted octanol–water partition coefficient (Wildman–Crippen LogP) is 0.448. The van der Waals surface area contributed by atoms with Crippen molar-refractivity contribution in [1.82, 2.24) is 15.3 Å². The highest BCUT2D eigenvalue weighted by Gasteiger charge is 2.33. The summed E-state index contributed by atoms with van der Waals surface area (Å²) in [6.45, 7) is 6.50. The Balaban J connectivity index is 1.91. The minimum absolute atomic E-state index is 0.0652. The van der Waals surface area contributed by atoms with Gasteiger partial charge in [-0.15, -0.1) is 0 Å². The Hall–Kier alpha value is -1.85. The number of anilines is 1. The van der Waals surface area contributed by atoms with Crippen molar-refractivity contribution in [2.75, 3.05) is 31.1 Å². The van der Waals surface area contributed by atoms with E-state index in [0.29, 0.717) is 32.1 Å². The van der Waals surface area contributed by atoms with Crippen LogP contribution in [-0.2, 0) is 4.79 Å². The van der Waals surface area contributed by atoms with Crippen LogP contribution in [0.15, 0.2) is 12.4 Å². The van der Waals surface area contributed by atoms with Gasteiger partial charge in [0.2, 0.25) is 11.8 Å². The maximum atomic E-state index is 11.6. The summed E-state index contributed by atoms with van der Waals surface area (Å²) in [5.74, 6) is 1.57. The van der Waals surface area contributed by atoms with Crippen LogP contribution >= 0.6 is 0 Å². The monoisotopic (exact) mass is 250 g/mol. The minimum Gasteiger partial charge on any atom is -0.478 e. The first-order valence-electron chi connectivity index (χ1n) is 6.22. The molecule has 6 heteroatoms. The van der Waals surface area contributed by atoms with Crippen LogP contribution in [0.4, 0.5) is 5.82 Å². The number of nitrogens with zero attached hydrogens (tertiary/aromatic N) is 3. The Kier molecular flexibility index (Phi) is 3.96. The Morgan fingerprint density at radius 2 is 2.28 bits per heavy atom. The summed E-state index contributed by atoms with van der Waals surface area (Å²) >= 11 is 0. The van der Waals surface area contributed by atoms with Crippen molar-refractivity contribution < 1.29 is 9.53 Å². The molecular formula is C12H18N4O2. The predicted molar refractivity (Wildman–Crippen MR) is 67.6 cm³/mol. The van der Waals surface area contributed by atoms with Gasteiger partial charge in [-0.3, -0.25) is 4.79 Å². The van der Waals surface area contributed by atoms with Gasteiger partial charge >= 0.3 is 0 Å². The number of hydrogen-bond acceptors (Lipinski definition) is 5. The third-order valence-corrected chi connectivity index (χ3v) is 2.85. The number of rotatable bonds is 5. The van der Waals surface area contributed by atoms with Crippen molar-refractivity contribution >= 4 is 11.7 Å². The van der Waals surface area contributed by atoms with Crippen LogP contribution in [0, 0.1) is 5.92 Å². The average Bonchev–Trinajstić information content (AvgIpc) is 2.28. The van der Waals surface area contributed by atoms with Crippen molar-refractivity contribution in [3.63, 3.8) is 0 Å². The molecule has 0 unspecified atom stereocenters. The Labute approximate surface area is 106 Å². The van der Waals surface area contributed by atoms with E-state index in [1.54, 1.807) is 6.07 Å². The molecule has 0 spiro atoms. The molecule has 18 heavy (non-hydrogen) atoms. The minimum atomic E-state index is 0.0652. The van der Waals surface area contributed by atoms with Gasteiger partial charge in [-0.2, -0.15) is 0 Å². The Morgan fingerprint density at radius 3 is 2.94 bits per heavy atom. The molecule has 0 atom stereocenters. The fourth-order valence-electron chi connectivity index (χ4n) is 1.88. The molecule has 0 saturated carbocycles. The molecule has 98 valence electrons. The summed E-state index contributed by atoms with van der Waals surface area (Å²) in [7, 11) is 0. The smallest absolute Gasteiger partial charge is 0.226 e. The molecule has 0 radical (unpaired) electrons. The number of aromatic nitrogens is 2. The lowest BCUT2D eigenvalue weighted by molar-refractivity contribution is -0.125. The number of nitrogens with one attached hydrogen (secondary N) is 1. The number of amides is 1. The van der Waals surface area contributed by atoms with E-state index in [0.717, 1.165) is 5.82 Å². The fraction of sp³-hybridized carbons (Fsp3) is 0.583. The molecule has 1 aromatic rings. The summed E-state index contributed by atoms with van der Waals surface area (Å²) in [5, 5.41) is 2.83. The molecular weight excluding hydrogens is 232 g/mol. The molecule has 6 nitrogen and oxygen atoms in total. The van der Waals surface area contributed by atoms with Crippen LogP contribution < -0.4 is 15.0 Å². The number of ether oxygens (including phenoxy) is 1. The van der Waals surface area contributed by atoms with Crippen molar-refractivity contribution in [1.29, 1.82) is 0 Å². The highest BCUT2D eigenvalue weighted by Crippen LogP contribution is 2.24. The third kappa shape index (κ3) is 2.69. The number of carbonyl (C=O) groups is 1. The van der Waals surface area contributed by atoms with Crippen LogP contribution in [0.2, 0.25) is 0 Å². The summed E-state index contributed by atoms with van der Waals surface area (Å²) in [6.07, 6.45) is 1.49. The van der Waals surface area contributed by atoms with E-state index >= 15 is 0 Å². The van der Waals surface area contributed by atoms with Gasteiger partial charge in [-0.25, -0.2) is 9.97 Å². The maximum absolute atomic E-state index is 11.6. The third-order valence-electron chi connectivity index (χ3n) is 2.85. The number of hydrogen-bond donors (Lipinski definition) is 1. The normalized spacial score (nSPS) is 15.1. The highest BCUT2D eigenvalue weighted by molar-refractivity contribution is 5.81. The van der Waals surface area contributed by atoms with E-state index in [4.69, 9.17) is 4.74 Å². The first-order chi connectivity index (χ1) is 8.74. The topological polar surface area (TPSA) is 67.4 Å². The molecule has 1 fully saturated rings. The lowest BCUT2D eigenvalue weighted by atomic mass is 9.99. The first kappa shape index (κ1) is 12.6. The number of carbonyl (C=O) groups excluding carboxylic acids is 1. The maximum Gasteiger partial charge on any atom is 0.226 e. The summed E-state index contributed by atoms with van der Waals surface area (Å²) in [5.41, 5.74) is 0. The molecule has 0 bridgehead atoms. The first-order valence-corrected chi connectivity index (χ1v) is 6.22. The molecule has 1 amide bonds. The zero-order chi connectivity index (χ0) is 13.0. The SMILES string of the molecule is CCNC(=O)C1CN(c2cc(OCC)ncn2)C1. The van der Waals surface area contributed by atoms with Crippen LogP contribution in [0.1, 0.15) is 13.8 Å². The van der Waals surface area contributed by atoms with Crippen LogP contribution in [0.25, 0.3) is 0 Å². The van der Waals surface area contributed by atoms with Crippen molar-refractivity contribution in [3.8, 4) is 5.88 Å². The molecule has 2 rings (SSSR count). The zero-order valence-corrected chi connectivity index (χ0v) is 10.7. The molecule has 2 heterocycles. The van der Waals surface area contributed by atoms with Crippen molar-refractivity contribution in [2.45, 2.75) is 13.8 Å². The molecule has 1 saturated heterocycles. The van der Waals surface area contributed by atoms with E-state index in [1.165, 1.54) is 6.33 Å². The van der Waals surface area contributed by atoms with Crippen LogP contribution in [0.5, 0.6) is 5.88 Å². The Morgan fingerprint density at radius 1 is 1.50 bits per heavy atom. The van der Waals surface area contributed by atoms with E-state index in [2.05, 4.69) is 15.3 Å². The van der Waals surface area contributed by atoms with E-state index in [1.807, 2.05) is 18.7 Å². The van der Waals surface area contributed by atoms with Gasteiger partial charge < -0.3 is 15.0 Å². The van der Waals surface area contributed by atoms with Crippen molar-refractivity contribution in [3.05, 3.63) is 12.4 Å². The molecule has 1 aromatic heterocycles. The lowest BCUT2D eigenvalue weighted by Crippen LogP contribution is -2.54. The van der Waals surface area contributed by atoms with Gasteiger partial charge in [-0.05, 0) is 13.8 Å². The standard InChI is InChI=1S/C12H18N4O2/c1-3-13-12(17)9-6-16(7-9)10-5-11(18-4-2)15-8-14-10/h5,8-9H,3-4,6-7H2,1-2H3,(H,13,17). The van der Waals surface area contributed by atoms with Gasteiger partial charge in [-0.1, -0.05) is 0 Å². The highest BCUT2D eigenvalue weighted by atomic mass is 16.5. The quantitative estimate of drug-likeness (QED) is 0.821. The van der Waals surface area contributed by atoms with Gasteiger partial charge in [0.05, 0.1) is 12.5 Å². The average molecular weight is 250 g/mol. The molecule has 1 N–H and O–H groups in total. The van der Waals surface area contributed by atoms with Gasteiger partial charge in [0.15, 0.2) is 0 Å². The molecule has 0 aliphatic carbocycles. The van der Waals surface area contributed by atoms with E-state index in [9.17, 15) is 4.79 Å². The van der Waals surface area contributed by atoms with E-state index in [-0.39, 0.29) is 11.8 Å². The van der Waals surface area contributed by atoms with Crippen LogP contribution in [-0.4, -0.2) is 42.1 Å². The van der Waals surface area contributed by atoms with Crippen molar-refractivity contribution in [2.24, 2.45) is 5.92 Å². The molecule has 1 aliphatic heterocycles. The van der Waals surface area contributed by atoms with E-state index < -0.39 is 0 Å². The second kappa shape index (κ2) is 5.66. The second-order valence-corrected chi connectivity index (χ2v) is 4.14. The fourth-order valence-corrected chi connectivity index (χ4v) is 1.88. The lowest BCUT2D eigenvalue weighted by Gasteiger charge is -2.38. The van der Waals surface area contributed by atoms with Gasteiger partial charge in [0.1, 0.15) is 12.1 Å². The van der Waals surface area contributed by atoms with Gasteiger partial charge in [0, 0.05) is 25.7 Å². The molecule has 1 aliphatic rings. The molecule has 0 aromatic carbocycles. The largest absolute Gasteiger partial charge is 0.478 e. The second-order valence-electron chi connectivity index (χ2n) is 4.14. The zero-order valence-electron chi connectivity index (χ0n) is 10.7. The van der Waals surface area contributed by atoms with Crippen LogP contribution in [0.3, 0.4) is 0 Å². The summed E-state index contributed by atoms with van der Waals surface area (Å²) in [6, 6.07) is 1.80. The van der Waals surface area contributed by atoms with Gasteiger partial charge in [0.25, 0.3) is 0 Å². The summed E-state index contributed by atoms with van der Waals surface area (Å²) < 4.78 is 5.32.